The summed E-state index contributed by atoms with van der Waals surface area (Å²) in [4.78, 5) is 15.7. The van der Waals surface area contributed by atoms with Gasteiger partial charge in [-0.1, -0.05) is 0 Å². The minimum atomic E-state index is -0.491. The van der Waals surface area contributed by atoms with Crippen LogP contribution in [0.1, 0.15) is 45.3 Å². The number of halogens is 1. The third kappa shape index (κ3) is 7.67. The van der Waals surface area contributed by atoms with Gasteiger partial charge in [0.2, 0.25) is 0 Å². The summed E-state index contributed by atoms with van der Waals surface area (Å²) in [5.74, 6) is 1.86. The maximum absolute atomic E-state index is 11.7. The summed E-state index contributed by atoms with van der Waals surface area (Å²) >= 11 is 0. The number of ether oxygens (including phenoxy) is 1. The minimum absolute atomic E-state index is 0. The van der Waals surface area contributed by atoms with E-state index in [0.717, 1.165) is 11.5 Å². The van der Waals surface area contributed by atoms with E-state index in [9.17, 15) is 4.79 Å². The Hall–Kier alpha value is -1.25. The van der Waals surface area contributed by atoms with Crippen molar-refractivity contribution in [2.75, 3.05) is 13.6 Å². The normalized spacial score (nSPS) is 13.1. The predicted molar refractivity (Wildman–Crippen MR) is 97.6 cm³/mol. The van der Waals surface area contributed by atoms with Gasteiger partial charge in [-0.05, 0) is 46.8 Å². The van der Waals surface area contributed by atoms with Crippen LogP contribution in [0.5, 0.6) is 0 Å². The molecule has 6 nitrogen and oxygen atoms in total. The van der Waals surface area contributed by atoms with Crippen molar-refractivity contribution in [3.63, 3.8) is 0 Å². The summed E-state index contributed by atoms with van der Waals surface area (Å²) in [6, 6.07) is 3.77. The molecule has 0 saturated heterocycles. The lowest BCUT2D eigenvalue weighted by Crippen LogP contribution is -2.42. The molecular formula is C15H26IN3O3. The number of aliphatic imine (C=N–C) groups is 1. The highest BCUT2D eigenvalue weighted by molar-refractivity contribution is 14.0. The van der Waals surface area contributed by atoms with Crippen molar-refractivity contribution < 1.29 is 13.9 Å². The molecule has 0 aliphatic rings. The van der Waals surface area contributed by atoms with E-state index < -0.39 is 5.60 Å². The van der Waals surface area contributed by atoms with E-state index in [1.165, 1.54) is 0 Å². The molecule has 0 fully saturated rings. The summed E-state index contributed by atoms with van der Waals surface area (Å²) < 4.78 is 10.8. The van der Waals surface area contributed by atoms with Crippen LogP contribution in [0.15, 0.2) is 21.5 Å². The number of nitrogens with one attached hydrogen (secondary N) is 2. The van der Waals surface area contributed by atoms with Crippen LogP contribution in [0.2, 0.25) is 0 Å². The van der Waals surface area contributed by atoms with Crippen molar-refractivity contribution in [2.24, 2.45) is 4.99 Å². The molecule has 1 heterocycles. The summed E-state index contributed by atoms with van der Waals surface area (Å²) in [5.41, 5.74) is -0.491. The van der Waals surface area contributed by atoms with Crippen molar-refractivity contribution in [3.05, 3.63) is 23.7 Å². The van der Waals surface area contributed by atoms with Gasteiger partial charge in [0.1, 0.15) is 23.7 Å². The fourth-order valence-electron chi connectivity index (χ4n) is 1.69. The Morgan fingerprint density at radius 1 is 1.41 bits per heavy atom. The first kappa shape index (κ1) is 20.8. The number of furan rings is 1. The lowest BCUT2D eigenvalue weighted by Gasteiger charge is -2.20. The van der Waals surface area contributed by atoms with Gasteiger partial charge in [0.25, 0.3) is 0 Å². The van der Waals surface area contributed by atoms with Gasteiger partial charge in [-0.2, -0.15) is 0 Å². The molecule has 0 aromatic carbocycles. The highest BCUT2D eigenvalue weighted by Gasteiger charge is 2.17. The third-order valence-electron chi connectivity index (χ3n) is 2.58. The highest BCUT2D eigenvalue weighted by atomic mass is 127. The van der Waals surface area contributed by atoms with Crippen LogP contribution in [0, 0.1) is 6.92 Å². The average Bonchev–Trinajstić information content (AvgIpc) is 2.79. The second kappa shape index (κ2) is 9.02. The first-order chi connectivity index (χ1) is 9.71. The molecule has 0 amide bonds. The van der Waals surface area contributed by atoms with Gasteiger partial charge < -0.3 is 19.8 Å². The molecule has 0 spiro atoms. The number of nitrogens with zero attached hydrogens (tertiary/aromatic N) is 1. The Morgan fingerprint density at radius 3 is 2.50 bits per heavy atom. The van der Waals surface area contributed by atoms with Crippen LogP contribution in [0.25, 0.3) is 0 Å². The largest absolute Gasteiger partial charge is 0.464 e. The number of carbonyl (C=O) groups excluding carboxylic acids is 1. The summed E-state index contributed by atoms with van der Waals surface area (Å²) in [5, 5.41) is 6.07. The van der Waals surface area contributed by atoms with Crippen molar-refractivity contribution >= 4 is 35.9 Å². The van der Waals surface area contributed by atoms with E-state index in [-0.39, 0.29) is 42.5 Å². The molecule has 0 aliphatic carbocycles. The molecule has 126 valence electrons. The lowest BCUT2D eigenvalue weighted by molar-refractivity contribution is -0.153. The molecule has 0 bridgehead atoms. The van der Waals surface area contributed by atoms with Crippen molar-refractivity contribution in [3.8, 4) is 0 Å². The Bertz CT molecular complexity index is 506. The number of aryl methyl sites for hydroxylation is 1. The standard InChI is InChI=1S/C15H25N3O3.HI/c1-10-7-8-12(20-10)11(2)18-14(16-6)17-9-13(19)21-15(3,4)5;/h7-8,11H,9H2,1-6H3,(H2,16,17,18);1H. The molecule has 2 N–H and O–H groups in total. The molecular weight excluding hydrogens is 397 g/mol. The third-order valence-corrected chi connectivity index (χ3v) is 2.58. The highest BCUT2D eigenvalue weighted by Crippen LogP contribution is 2.15. The van der Waals surface area contributed by atoms with Crippen LogP contribution < -0.4 is 10.6 Å². The Kier molecular flexibility index (Phi) is 8.50. The fourth-order valence-corrected chi connectivity index (χ4v) is 1.69. The molecule has 1 rings (SSSR count). The number of guanidine groups is 1. The molecule has 1 atom stereocenters. The van der Waals surface area contributed by atoms with E-state index in [4.69, 9.17) is 9.15 Å². The topological polar surface area (TPSA) is 75.9 Å². The molecule has 7 heteroatoms. The molecule has 1 aromatic heterocycles. The van der Waals surface area contributed by atoms with Crippen LogP contribution >= 0.6 is 24.0 Å². The zero-order valence-corrected chi connectivity index (χ0v) is 16.3. The van der Waals surface area contributed by atoms with Gasteiger partial charge in [-0.25, -0.2) is 0 Å². The molecule has 0 radical (unpaired) electrons. The smallest absolute Gasteiger partial charge is 0.325 e. The van der Waals surface area contributed by atoms with Gasteiger partial charge in [-0.15, -0.1) is 24.0 Å². The fraction of sp³-hybridized carbons (Fsp3) is 0.600. The number of hydrogen-bond acceptors (Lipinski definition) is 4. The summed E-state index contributed by atoms with van der Waals surface area (Å²) in [6.45, 7) is 9.41. The van der Waals surface area contributed by atoms with E-state index >= 15 is 0 Å². The maximum atomic E-state index is 11.7. The Morgan fingerprint density at radius 2 is 2.05 bits per heavy atom. The predicted octanol–water partition coefficient (Wildman–Crippen LogP) is 2.77. The minimum Gasteiger partial charge on any atom is -0.464 e. The van der Waals surface area contributed by atoms with Crippen LogP contribution in [-0.2, 0) is 9.53 Å². The Balaban J connectivity index is 0.00000441. The molecule has 0 saturated carbocycles. The van der Waals surface area contributed by atoms with Crippen LogP contribution in [0.3, 0.4) is 0 Å². The lowest BCUT2D eigenvalue weighted by atomic mass is 10.2. The quantitative estimate of drug-likeness (QED) is 0.337. The zero-order chi connectivity index (χ0) is 16.0. The first-order valence-corrected chi connectivity index (χ1v) is 6.96. The SMILES string of the molecule is CN=C(NCC(=O)OC(C)(C)C)NC(C)c1ccc(C)o1.I. The van der Waals surface area contributed by atoms with Crippen LogP contribution in [-0.4, -0.2) is 31.1 Å². The number of hydrogen-bond donors (Lipinski definition) is 2. The summed E-state index contributed by atoms with van der Waals surface area (Å²) in [6.07, 6.45) is 0. The van der Waals surface area contributed by atoms with Crippen molar-refractivity contribution in [1.29, 1.82) is 0 Å². The first-order valence-electron chi connectivity index (χ1n) is 6.96. The van der Waals surface area contributed by atoms with Gasteiger partial charge in [0.05, 0.1) is 6.04 Å². The van der Waals surface area contributed by atoms with Gasteiger partial charge >= 0.3 is 5.97 Å². The second-order valence-electron chi connectivity index (χ2n) is 5.83. The number of rotatable bonds is 4. The average molecular weight is 423 g/mol. The van der Waals surface area contributed by atoms with E-state index in [2.05, 4.69) is 15.6 Å². The molecule has 22 heavy (non-hydrogen) atoms. The second-order valence-corrected chi connectivity index (χ2v) is 5.83. The molecule has 1 unspecified atom stereocenters. The van der Waals surface area contributed by atoms with Crippen LogP contribution in [0.4, 0.5) is 0 Å². The van der Waals surface area contributed by atoms with Crippen molar-refractivity contribution in [1.82, 2.24) is 10.6 Å². The van der Waals surface area contributed by atoms with Gasteiger partial charge in [0.15, 0.2) is 5.96 Å². The van der Waals surface area contributed by atoms with E-state index in [1.54, 1.807) is 7.05 Å². The maximum Gasteiger partial charge on any atom is 0.325 e. The summed E-state index contributed by atoms with van der Waals surface area (Å²) in [7, 11) is 1.64. The monoisotopic (exact) mass is 423 g/mol. The van der Waals surface area contributed by atoms with E-state index in [1.807, 2.05) is 46.8 Å². The molecule has 1 aromatic rings. The zero-order valence-electron chi connectivity index (χ0n) is 14.0. The molecule has 0 aliphatic heterocycles. The Labute approximate surface area is 149 Å². The van der Waals surface area contributed by atoms with Crippen molar-refractivity contribution in [2.45, 2.75) is 46.3 Å². The van der Waals surface area contributed by atoms with Gasteiger partial charge in [-0.3, -0.25) is 9.79 Å². The number of esters is 1. The van der Waals surface area contributed by atoms with E-state index in [0.29, 0.717) is 5.96 Å². The van der Waals surface area contributed by atoms with Gasteiger partial charge in [0, 0.05) is 7.05 Å². The number of carbonyl (C=O) groups is 1.